The van der Waals surface area contributed by atoms with E-state index in [0.717, 1.165) is 47.7 Å². The van der Waals surface area contributed by atoms with Gasteiger partial charge in [0.1, 0.15) is 11.5 Å². The van der Waals surface area contributed by atoms with Crippen molar-refractivity contribution in [2.45, 2.75) is 18.8 Å². The summed E-state index contributed by atoms with van der Waals surface area (Å²) in [5, 5.41) is 0. The third-order valence-electron chi connectivity index (χ3n) is 3.26. The lowest BCUT2D eigenvalue weighted by atomic mass is 9.96. The molecule has 0 bridgehead atoms. The number of halogens is 1. The van der Waals surface area contributed by atoms with E-state index in [-0.39, 0.29) is 0 Å². The van der Waals surface area contributed by atoms with E-state index in [2.05, 4.69) is 20.9 Å². The number of hydrogen-bond donors (Lipinski definition) is 1. The minimum Gasteiger partial charge on any atom is -0.383 e. The molecule has 3 rings (SSSR count). The topological polar surface area (TPSA) is 52.5 Å². The molecule has 1 fully saturated rings. The van der Waals surface area contributed by atoms with Crippen molar-refractivity contribution in [3.8, 4) is 0 Å². The van der Waals surface area contributed by atoms with Gasteiger partial charge in [-0.25, -0.2) is 4.98 Å². The van der Waals surface area contributed by atoms with Crippen LogP contribution in [0.3, 0.4) is 0 Å². The van der Waals surface area contributed by atoms with Gasteiger partial charge in [-0.1, -0.05) is 0 Å². The van der Waals surface area contributed by atoms with E-state index in [4.69, 9.17) is 10.5 Å². The standard InChI is InChI=1S/C12H14BrN3O/c13-9-1-2-10-15-11(12(14)16(10)7-9)8-3-5-17-6-4-8/h1-2,7-8H,3-6,14H2. The normalized spacial score (nSPS) is 17.7. The number of imidazole rings is 1. The van der Waals surface area contributed by atoms with Gasteiger partial charge in [0.15, 0.2) is 0 Å². The molecule has 2 N–H and O–H groups in total. The number of fused-ring (bicyclic) bond motifs is 1. The first-order valence-corrected chi connectivity index (χ1v) is 6.56. The molecule has 17 heavy (non-hydrogen) atoms. The summed E-state index contributed by atoms with van der Waals surface area (Å²) in [4.78, 5) is 4.64. The molecule has 0 spiro atoms. The zero-order chi connectivity index (χ0) is 11.8. The zero-order valence-electron chi connectivity index (χ0n) is 9.40. The Morgan fingerprint density at radius 3 is 2.88 bits per heavy atom. The predicted octanol–water partition coefficient (Wildman–Crippen LogP) is 2.57. The molecule has 90 valence electrons. The number of nitrogens with two attached hydrogens (primary N) is 1. The highest BCUT2D eigenvalue weighted by Crippen LogP contribution is 2.31. The van der Waals surface area contributed by atoms with Gasteiger partial charge >= 0.3 is 0 Å². The Morgan fingerprint density at radius 1 is 1.35 bits per heavy atom. The first kappa shape index (κ1) is 11.0. The van der Waals surface area contributed by atoms with Crippen molar-refractivity contribution < 1.29 is 4.74 Å². The highest BCUT2D eigenvalue weighted by Gasteiger charge is 2.22. The summed E-state index contributed by atoms with van der Waals surface area (Å²) in [6.07, 6.45) is 3.98. The molecule has 2 aromatic rings. The predicted molar refractivity (Wildman–Crippen MR) is 70.1 cm³/mol. The molecule has 0 amide bonds. The Kier molecular flexibility index (Phi) is 2.80. The maximum atomic E-state index is 6.18. The first-order chi connectivity index (χ1) is 8.25. The molecule has 0 radical (unpaired) electrons. The van der Waals surface area contributed by atoms with Gasteiger partial charge in [-0.05, 0) is 40.9 Å². The Balaban J connectivity index is 2.07. The van der Waals surface area contributed by atoms with Crippen molar-refractivity contribution in [3.05, 3.63) is 28.5 Å². The van der Waals surface area contributed by atoms with Crippen LogP contribution in [-0.2, 0) is 4.74 Å². The molecule has 0 aromatic carbocycles. The number of anilines is 1. The largest absolute Gasteiger partial charge is 0.383 e. The molecule has 0 atom stereocenters. The molecule has 1 aliphatic rings. The van der Waals surface area contributed by atoms with Crippen LogP contribution in [0.1, 0.15) is 24.5 Å². The third-order valence-corrected chi connectivity index (χ3v) is 3.72. The third kappa shape index (κ3) is 1.93. The summed E-state index contributed by atoms with van der Waals surface area (Å²) in [5.41, 5.74) is 8.11. The second-order valence-corrected chi connectivity index (χ2v) is 5.26. The molecule has 1 saturated heterocycles. The Bertz CT molecular complexity index is 546. The molecular weight excluding hydrogens is 282 g/mol. The zero-order valence-corrected chi connectivity index (χ0v) is 11.0. The SMILES string of the molecule is Nc1c(C2CCOCC2)nc2ccc(Br)cn12. The number of nitrogen functional groups attached to an aromatic ring is 1. The minimum atomic E-state index is 0.433. The van der Waals surface area contributed by atoms with E-state index in [9.17, 15) is 0 Å². The average Bonchev–Trinajstić information content (AvgIpc) is 2.68. The molecule has 2 aromatic heterocycles. The van der Waals surface area contributed by atoms with Gasteiger partial charge in [0.25, 0.3) is 0 Å². The molecule has 5 heteroatoms. The van der Waals surface area contributed by atoms with Gasteiger partial charge in [-0.3, -0.25) is 4.40 Å². The summed E-state index contributed by atoms with van der Waals surface area (Å²) in [6, 6.07) is 3.96. The van der Waals surface area contributed by atoms with E-state index in [1.54, 1.807) is 0 Å². The van der Waals surface area contributed by atoms with Crippen LogP contribution in [0, 0.1) is 0 Å². The van der Waals surface area contributed by atoms with E-state index >= 15 is 0 Å². The van der Waals surface area contributed by atoms with Gasteiger partial charge in [0.2, 0.25) is 0 Å². The Hall–Kier alpha value is -1.07. The van der Waals surface area contributed by atoms with Crippen LogP contribution in [0.25, 0.3) is 5.65 Å². The van der Waals surface area contributed by atoms with Crippen LogP contribution < -0.4 is 5.73 Å². The van der Waals surface area contributed by atoms with E-state index in [0.29, 0.717) is 5.92 Å². The Morgan fingerprint density at radius 2 is 2.12 bits per heavy atom. The van der Waals surface area contributed by atoms with Crippen molar-refractivity contribution in [1.82, 2.24) is 9.38 Å². The fourth-order valence-electron chi connectivity index (χ4n) is 2.33. The number of ether oxygens (including phenoxy) is 1. The highest BCUT2D eigenvalue weighted by molar-refractivity contribution is 9.10. The minimum absolute atomic E-state index is 0.433. The molecular formula is C12H14BrN3O. The lowest BCUT2D eigenvalue weighted by Gasteiger charge is -2.20. The number of hydrogen-bond acceptors (Lipinski definition) is 3. The van der Waals surface area contributed by atoms with Crippen LogP contribution in [-0.4, -0.2) is 22.6 Å². The van der Waals surface area contributed by atoms with Gasteiger partial charge in [-0.2, -0.15) is 0 Å². The fourth-order valence-corrected chi connectivity index (χ4v) is 2.66. The maximum Gasteiger partial charge on any atom is 0.138 e. The van der Waals surface area contributed by atoms with Gasteiger partial charge in [0, 0.05) is 29.8 Å². The van der Waals surface area contributed by atoms with Gasteiger partial charge in [0.05, 0.1) is 5.69 Å². The van der Waals surface area contributed by atoms with E-state index < -0.39 is 0 Å². The second kappa shape index (κ2) is 4.31. The van der Waals surface area contributed by atoms with Crippen molar-refractivity contribution in [1.29, 1.82) is 0 Å². The van der Waals surface area contributed by atoms with Crippen LogP contribution in [0.15, 0.2) is 22.8 Å². The maximum absolute atomic E-state index is 6.18. The summed E-state index contributed by atoms with van der Waals surface area (Å²) < 4.78 is 8.32. The molecule has 1 aliphatic heterocycles. The number of aromatic nitrogens is 2. The number of rotatable bonds is 1. The van der Waals surface area contributed by atoms with Crippen molar-refractivity contribution in [2.24, 2.45) is 0 Å². The first-order valence-electron chi connectivity index (χ1n) is 5.76. The number of pyridine rings is 1. The average molecular weight is 296 g/mol. The molecule has 3 heterocycles. The summed E-state index contributed by atoms with van der Waals surface area (Å²) >= 11 is 3.45. The van der Waals surface area contributed by atoms with Crippen molar-refractivity contribution in [3.63, 3.8) is 0 Å². The summed E-state index contributed by atoms with van der Waals surface area (Å²) in [6.45, 7) is 1.61. The van der Waals surface area contributed by atoms with Crippen molar-refractivity contribution >= 4 is 27.4 Å². The molecule has 0 aliphatic carbocycles. The lowest BCUT2D eigenvalue weighted by Crippen LogP contribution is -2.15. The quantitative estimate of drug-likeness (QED) is 0.880. The highest BCUT2D eigenvalue weighted by atomic mass is 79.9. The van der Waals surface area contributed by atoms with Crippen LogP contribution in [0.2, 0.25) is 0 Å². The molecule has 0 saturated carbocycles. The number of nitrogens with zero attached hydrogens (tertiary/aromatic N) is 2. The fraction of sp³-hybridized carbons (Fsp3) is 0.417. The van der Waals surface area contributed by atoms with Gasteiger partial charge < -0.3 is 10.5 Å². The monoisotopic (exact) mass is 295 g/mol. The van der Waals surface area contributed by atoms with Crippen molar-refractivity contribution in [2.75, 3.05) is 18.9 Å². The van der Waals surface area contributed by atoms with E-state index in [1.165, 1.54) is 0 Å². The smallest absolute Gasteiger partial charge is 0.138 e. The second-order valence-electron chi connectivity index (χ2n) is 4.34. The van der Waals surface area contributed by atoms with Crippen LogP contribution in [0.4, 0.5) is 5.82 Å². The van der Waals surface area contributed by atoms with Crippen LogP contribution >= 0.6 is 15.9 Å². The van der Waals surface area contributed by atoms with Crippen LogP contribution in [0.5, 0.6) is 0 Å². The van der Waals surface area contributed by atoms with E-state index in [1.807, 2.05) is 22.7 Å². The Labute approximate surface area is 108 Å². The summed E-state index contributed by atoms with van der Waals surface area (Å²) in [5.74, 6) is 1.19. The molecule has 0 unspecified atom stereocenters. The summed E-state index contributed by atoms with van der Waals surface area (Å²) in [7, 11) is 0. The molecule has 4 nitrogen and oxygen atoms in total. The lowest BCUT2D eigenvalue weighted by molar-refractivity contribution is 0.0847. The van der Waals surface area contributed by atoms with Gasteiger partial charge in [-0.15, -0.1) is 0 Å².